The lowest BCUT2D eigenvalue weighted by Crippen LogP contribution is -2.43. The fraction of sp³-hybridized carbons (Fsp3) is 0.846. The average Bonchev–Trinajstić information content (AvgIpc) is 2.77. The third-order valence-electron chi connectivity index (χ3n) is 3.04. The van der Waals surface area contributed by atoms with E-state index in [1.165, 1.54) is 0 Å². The number of hydrogen-bond donors (Lipinski definition) is 1. The molecule has 2 rings (SSSR count). The van der Waals surface area contributed by atoms with E-state index in [4.69, 9.17) is 25.4 Å². The van der Waals surface area contributed by atoms with Crippen LogP contribution in [0.3, 0.4) is 0 Å². The van der Waals surface area contributed by atoms with Crippen LogP contribution in [-0.4, -0.2) is 47.7 Å². The molecular formula is C13H20O5. The van der Waals surface area contributed by atoms with Crippen molar-refractivity contribution in [2.24, 2.45) is 0 Å². The van der Waals surface area contributed by atoms with E-state index in [-0.39, 0.29) is 6.10 Å². The molecule has 0 aromatic heterocycles. The van der Waals surface area contributed by atoms with Gasteiger partial charge in [-0.15, -0.1) is 6.42 Å². The predicted molar refractivity (Wildman–Crippen MR) is 63.6 cm³/mol. The molecule has 2 fully saturated rings. The molecule has 0 amide bonds. The molecule has 0 radical (unpaired) electrons. The van der Waals surface area contributed by atoms with E-state index < -0.39 is 29.9 Å². The zero-order chi connectivity index (χ0) is 13.6. The monoisotopic (exact) mass is 256 g/mol. The van der Waals surface area contributed by atoms with Gasteiger partial charge in [-0.3, -0.25) is 0 Å². The average molecular weight is 256 g/mol. The van der Waals surface area contributed by atoms with Crippen LogP contribution in [0.2, 0.25) is 0 Å². The highest BCUT2D eigenvalue weighted by molar-refractivity contribution is 5.04. The van der Waals surface area contributed by atoms with Crippen molar-refractivity contribution in [1.29, 1.82) is 0 Å². The van der Waals surface area contributed by atoms with Crippen molar-refractivity contribution in [1.82, 2.24) is 0 Å². The summed E-state index contributed by atoms with van der Waals surface area (Å²) in [7, 11) is 0. The molecule has 0 saturated carbocycles. The summed E-state index contributed by atoms with van der Waals surface area (Å²) in [6, 6.07) is 0. The van der Waals surface area contributed by atoms with E-state index in [1.807, 2.05) is 13.8 Å². The van der Waals surface area contributed by atoms with Gasteiger partial charge < -0.3 is 24.1 Å². The molecule has 2 heterocycles. The summed E-state index contributed by atoms with van der Waals surface area (Å²) in [4.78, 5) is 0. The molecule has 0 aromatic rings. The van der Waals surface area contributed by atoms with Crippen LogP contribution < -0.4 is 0 Å². The Hall–Kier alpha value is -0.640. The third-order valence-corrected chi connectivity index (χ3v) is 3.04. The second-order valence-corrected chi connectivity index (χ2v) is 5.54. The first-order valence-electron chi connectivity index (χ1n) is 6.06. The number of ether oxygens (including phenoxy) is 4. The quantitative estimate of drug-likeness (QED) is 0.735. The zero-order valence-corrected chi connectivity index (χ0v) is 11.2. The maximum Gasteiger partial charge on any atom is 0.164 e. The Bertz CT molecular complexity index is 357. The van der Waals surface area contributed by atoms with Gasteiger partial charge in [-0.25, -0.2) is 0 Å². The van der Waals surface area contributed by atoms with Gasteiger partial charge in [0.15, 0.2) is 11.6 Å². The van der Waals surface area contributed by atoms with E-state index in [2.05, 4.69) is 5.92 Å². The van der Waals surface area contributed by atoms with Crippen LogP contribution in [0.1, 0.15) is 27.7 Å². The van der Waals surface area contributed by atoms with Crippen LogP contribution in [0.15, 0.2) is 0 Å². The number of aliphatic hydroxyl groups excluding tert-OH is 1. The number of terminal acetylenes is 1. The highest BCUT2D eigenvalue weighted by Gasteiger charge is 2.51. The maximum absolute atomic E-state index is 9.81. The lowest BCUT2D eigenvalue weighted by Gasteiger charge is -2.24. The van der Waals surface area contributed by atoms with Gasteiger partial charge in [0.2, 0.25) is 0 Å². The van der Waals surface area contributed by atoms with Crippen molar-refractivity contribution in [3.05, 3.63) is 0 Å². The molecule has 2 aliphatic rings. The van der Waals surface area contributed by atoms with E-state index in [0.29, 0.717) is 6.61 Å². The smallest absolute Gasteiger partial charge is 0.164 e. The maximum atomic E-state index is 9.81. The SMILES string of the molecule is C#C[C@@H](O)[C@@H]1OC(C)(C)O[C@@H]1[C@H]1COC(C)(C)O1. The molecule has 102 valence electrons. The van der Waals surface area contributed by atoms with E-state index in [1.54, 1.807) is 13.8 Å². The summed E-state index contributed by atoms with van der Waals surface area (Å²) in [6.07, 6.45) is 2.89. The van der Waals surface area contributed by atoms with Crippen molar-refractivity contribution < 1.29 is 24.1 Å². The lowest BCUT2D eigenvalue weighted by atomic mass is 10.0. The number of rotatable bonds is 2. The minimum atomic E-state index is -1.02. The van der Waals surface area contributed by atoms with Gasteiger partial charge >= 0.3 is 0 Å². The summed E-state index contributed by atoms with van der Waals surface area (Å²) in [5.41, 5.74) is 0. The summed E-state index contributed by atoms with van der Waals surface area (Å²) < 4.78 is 22.7. The van der Waals surface area contributed by atoms with Crippen LogP contribution >= 0.6 is 0 Å². The normalized spacial score (nSPS) is 39.4. The third kappa shape index (κ3) is 2.68. The summed E-state index contributed by atoms with van der Waals surface area (Å²) in [6.45, 7) is 7.63. The lowest BCUT2D eigenvalue weighted by molar-refractivity contribution is -0.175. The summed E-state index contributed by atoms with van der Waals surface area (Å²) >= 11 is 0. The van der Waals surface area contributed by atoms with Crippen LogP contribution in [0.25, 0.3) is 0 Å². The molecule has 0 bridgehead atoms. The molecule has 4 atom stereocenters. The van der Waals surface area contributed by atoms with E-state index >= 15 is 0 Å². The molecule has 0 aliphatic carbocycles. The van der Waals surface area contributed by atoms with E-state index in [0.717, 1.165) is 0 Å². The Morgan fingerprint density at radius 2 is 1.83 bits per heavy atom. The van der Waals surface area contributed by atoms with Gasteiger partial charge in [0.05, 0.1) is 6.61 Å². The fourth-order valence-electron chi connectivity index (χ4n) is 2.32. The summed E-state index contributed by atoms with van der Waals surface area (Å²) in [5.74, 6) is 0.838. The molecule has 0 aromatic carbocycles. The van der Waals surface area contributed by atoms with Gasteiger partial charge in [0, 0.05) is 0 Å². The van der Waals surface area contributed by atoms with Crippen molar-refractivity contribution in [3.8, 4) is 12.3 Å². The molecule has 2 saturated heterocycles. The highest BCUT2D eigenvalue weighted by Crippen LogP contribution is 2.36. The van der Waals surface area contributed by atoms with Crippen LogP contribution in [0.4, 0.5) is 0 Å². The van der Waals surface area contributed by atoms with Gasteiger partial charge in [-0.05, 0) is 27.7 Å². The van der Waals surface area contributed by atoms with Gasteiger partial charge in [-0.2, -0.15) is 0 Å². The molecule has 18 heavy (non-hydrogen) atoms. The Morgan fingerprint density at radius 1 is 1.17 bits per heavy atom. The molecule has 0 spiro atoms. The first-order valence-corrected chi connectivity index (χ1v) is 6.06. The Balaban J connectivity index is 2.13. The number of hydrogen-bond acceptors (Lipinski definition) is 5. The largest absolute Gasteiger partial charge is 0.378 e. The zero-order valence-electron chi connectivity index (χ0n) is 11.2. The molecule has 5 heteroatoms. The topological polar surface area (TPSA) is 57.2 Å². The first-order chi connectivity index (χ1) is 8.24. The molecule has 2 aliphatic heterocycles. The summed E-state index contributed by atoms with van der Waals surface area (Å²) in [5, 5.41) is 9.81. The Morgan fingerprint density at radius 3 is 2.33 bits per heavy atom. The molecule has 5 nitrogen and oxygen atoms in total. The van der Waals surface area contributed by atoms with Crippen molar-refractivity contribution in [3.63, 3.8) is 0 Å². The second-order valence-electron chi connectivity index (χ2n) is 5.54. The molecular weight excluding hydrogens is 236 g/mol. The van der Waals surface area contributed by atoms with Gasteiger partial charge in [-0.1, -0.05) is 5.92 Å². The van der Waals surface area contributed by atoms with Crippen LogP contribution in [-0.2, 0) is 18.9 Å². The number of aliphatic hydroxyl groups is 1. The second kappa shape index (κ2) is 4.48. The Labute approximate surface area is 107 Å². The molecule has 0 unspecified atom stereocenters. The Kier molecular flexibility index (Phi) is 3.43. The minimum absolute atomic E-state index is 0.297. The van der Waals surface area contributed by atoms with Crippen LogP contribution in [0, 0.1) is 12.3 Å². The molecule has 1 N–H and O–H groups in total. The van der Waals surface area contributed by atoms with Gasteiger partial charge in [0.1, 0.15) is 24.4 Å². The van der Waals surface area contributed by atoms with Crippen molar-refractivity contribution in [2.75, 3.05) is 6.61 Å². The van der Waals surface area contributed by atoms with Crippen molar-refractivity contribution in [2.45, 2.75) is 63.7 Å². The predicted octanol–water partition coefficient (Wildman–Crippen LogP) is 0.652. The first kappa shape index (κ1) is 13.8. The van der Waals surface area contributed by atoms with Crippen LogP contribution in [0.5, 0.6) is 0 Å². The fourth-order valence-corrected chi connectivity index (χ4v) is 2.32. The highest BCUT2D eigenvalue weighted by atomic mass is 16.8. The van der Waals surface area contributed by atoms with E-state index in [9.17, 15) is 5.11 Å². The standard InChI is InChI=1S/C13H20O5/c1-6-8(14)10-11(18-13(4,5)17-10)9-7-15-12(2,3)16-9/h1,8-11,14H,7H2,2-5H3/t8-,9-,10+,11-/m1/s1. The van der Waals surface area contributed by atoms with Gasteiger partial charge in [0.25, 0.3) is 0 Å². The minimum Gasteiger partial charge on any atom is -0.378 e. The van der Waals surface area contributed by atoms with Crippen molar-refractivity contribution >= 4 is 0 Å².